The maximum atomic E-state index is 4.29. The van der Waals surface area contributed by atoms with Gasteiger partial charge in [-0.05, 0) is 24.6 Å². The van der Waals surface area contributed by atoms with Gasteiger partial charge >= 0.3 is 5.82 Å². The smallest absolute Gasteiger partial charge is 0.193 e. The summed E-state index contributed by atoms with van der Waals surface area (Å²) in [5.74, 6) is 0.847. The van der Waals surface area contributed by atoms with Crippen molar-refractivity contribution >= 4 is 0 Å². The Morgan fingerprint density at radius 3 is 1.80 bits per heavy atom. The summed E-state index contributed by atoms with van der Waals surface area (Å²) in [6, 6.07) is 4.48. The van der Waals surface area contributed by atoms with E-state index in [0.717, 1.165) is 5.82 Å². The van der Waals surface area contributed by atoms with Crippen LogP contribution in [-0.4, -0.2) is 15.4 Å². The highest BCUT2D eigenvalue weighted by Gasteiger charge is 2.32. The molecule has 0 aromatic carbocycles. The van der Waals surface area contributed by atoms with E-state index in [0.29, 0.717) is 0 Å². The van der Waals surface area contributed by atoms with Crippen LogP contribution in [0, 0.1) is 6.92 Å². The molecule has 4 heteroatoms. The van der Waals surface area contributed by atoms with Crippen molar-refractivity contribution < 1.29 is 4.57 Å². The average Bonchev–Trinajstić information content (AvgIpc) is 2.78. The predicted octanol–water partition coefficient (Wildman–Crippen LogP) is 2.98. The molecule has 0 bridgehead atoms. The first-order chi connectivity index (χ1) is 9.10. The van der Waals surface area contributed by atoms with Gasteiger partial charge in [0, 0.05) is 10.8 Å². The van der Waals surface area contributed by atoms with Crippen LogP contribution in [0.4, 0.5) is 0 Å². The zero-order valence-electron chi connectivity index (χ0n) is 13.6. The van der Waals surface area contributed by atoms with Gasteiger partial charge in [0.15, 0.2) is 0 Å². The number of pyridine rings is 1. The Labute approximate surface area is 121 Å². The molecule has 2 aromatic rings. The molecule has 4 nitrogen and oxygen atoms in total. The van der Waals surface area contributed by atoms with Crippen LogP contribution in [0.25, 0.3) is 5.82 Å². The van der Waals surface area contributed by atoms with Crippen molar-refractivity contribution in [3.05, 3.63) is 35.3 Å². The van der Waals surface area contributed by atoms with E-state index in [2.05, 4.69) is 80.6 Å². The Bertz CT molecular complexity index is 563. The van der Waals surface area contributed by atoms with E-state index in [1.165, 1.54) is 17.0 Å². The fourth-order valence-electron chi connectivity index (χ4n) is 2.39. The number of rotatable bonds is 1. The summed E-state index contributed by atoms with van der Waals surface area (Å²) >= 11 is 0. The van der Waals surface area contributed by atoms with Crippen LogP contribution in [0.5, 0.6) is 0 Å². The topological polar surface area (TPSA) is 45.5 Å². The fourth-order valence-corrected chi connectivity index (χ4v) is 2.39. The molecule has 0 saturated heterocycles. The molecule has 0 radical (unpaired) electrons. The summed E-state index contributed by atoms with van der Waals surface area (Å²) in [4.78, 5) is 0. The Morgan fingerprint density at radius 1 is 0.950 bits per heavy atom. The van der Waals surface area contributed by atoms with E-state index in [9.17, 15) is 0 Å². The molecule has 0 spiro atoms. The molecule has 108 valence electrons. The van der Waals surface area contributed by atoms with Gasteiger partial charge in [0.2, 0.25) is 0 Å². The second-order valence-corrected chi connectivity index (χ2v) is 7.47. The molecular weight excluding hydrogens is 248 g/mol. The van der Waals surface area contributed by atoms with Crippen molar-refractivity contribution in [3.8, 4) is 5.82 Å². The number of nitrogens with zero attached hydrogens (tertiary/aromatic N) is 3. The molecule has 0 atom stereocenters. The molecule has 0 aliphatic heterocycles. The van der Waals surface area contributed by atoms with Crippen LogP contribution in [0.15, 0.2) is 18.3 Å². The van der Waals surface area contributed by atoms with Gasteiger partial charge in [-0.3, -0.25) is 0 Å². The van der Waals surface area contributed by atoms with E-state index in [1.54, 1.807) is 6.20 Å². The zero-order chi connectivity index (χ0) is 15.1. The predicted molar refractivity (Wildman–Crippen MR) is 80.1 cm³/mol. The number of aromatic nitrogens is 4. The fraction of sp³-hybridized carbons (Fsp3) is 0.562. The van der Waals surface area contributed by atoms with Gasteiger partial charge in [-0.15, -0.1) is 10.3 Å². The minimum Gasteiger partial charge on any atom is -0.193 e. The van der Waals surface area contributed by atoms with Gasteiger partial charge in [0.25, 0.3) is 0 Å². The second kappa shape index (κ2) is 4.69. The molecule has 0 aliphatic carbocycles. The Hall–Kier alpha value is -1.71. The Kier molecular flexibility index (Phi) is 3.44. The monoisotopic (exact) mass is 273 g/mol. The third-order valence-electron chi connectivity index (χ3n) is 3.38. The van der Waals surface area contributed by atoms with Gasteiger partial charge < -0.3 is 0 Å². The maximum Gasteiger partial charge on any atom is 0.375 e. The third kappa shape index (κ3) is 2.74. The van der Waals surface area contributed by atoms with Gasteiger partial charge in [0.05, 0.1) is 5.10 Å². The maximum absolute atomic E-state index is 4.29. The largest absolute Gasteiger partial charge is 0.375 e. The number of H-pyrrole nitrogens is 1. The molecular formula is C16H25N4+. The highest BCUT2D eigenvalue weighted by atomic mass is 15.4. The standard InChI is InChI=1S/C16H25N4/c1-11-8-12(15(2,3)4)20(14-10-17-19-18-14)13(9-11)16(5,6)7/h8-10H,1-7H3,(H,17,18,19)/q+1. The molecule has 0 unspecified atom stereocenters. The van der Waals surface area contributed by atoms with Gasteiger partial charge in [0.1, 0.15) is 17.6 Å². The number of nitrogens with one attached hydrogen (secondary N) is 1. The summed E-state index contributed by atoms with van der Waals surface area (Å²) in [7, 11) is 0. The van der Waals surface area contributed by atoms with Crippen molar-refractivity contribution in [3.63, 3.8) is 0 Å². The normalized spacial score (nSPS) is 12.8. The van der Waals surface area contributed by atoms with E-state index in [1.807, 2.05) is 0 Å². The van der Waals surface area contributed by atoms with E-state index >= 15 is 0 Å². The van der Waals surface area contributed by atoms with Crippen molar-refractivity contribution in [2.45, 2.75) is 59.3 Å². The summed E-state index contributed by atoms with van der Waals surface area (Å²) in [6.07, 6.45) is 1.78. The minimum absolute atomic E-state index is 0.0327. The van der Waals surface area contributed by atoms with Crippen molar-refractivity contribution in [1.82, 2.24) is 15.4 Å². The lowest BCUT2D eigenvalue weighted by atomic mass is 9.85. The van der Waals surface area contributed by atoms with Crippen LogP contribution in [0.2, 0.25) is 0 Å². The minimum atomic E-state index is 0.0327. The molecule has 2 rings (SSSR count). The van der Waals surface area contributed by atoms with E-state index < -0.39 is 0 Å². The number of hydrogen-bond donors (Lipinski definition) is 1. The van der Waals surface area contributed by atoms with Crippen LogP contribution >= 0.6 is 0 Å². The SMILES string of the molecule is Cc1cc(C(C)(C)C)[n+](-c2cn[nH]n2)c(C(C)(C)C)c1. The second-order valence-electron chi connectivity index (χ2n) is 7.47. The zero-order valence-corrected chi connectivity index (χ0v) is 13.6. The van der Waals surface area contributed by atoms with Gasteiger partial charge in [-0.2, -0.15) is 4.57 Å². The number of aryl methyl sites for hydroxylation is 1. The molecule has 2 aromatic heterocycles. The Balaban J connectivity index is 2.85. The first-order valence-electron chi connectivity index (χ1n) is 7.04. The van der Waals surface area contributed by atoms with E-state index in [-0.39, 0.29) is 10.8 Å². The summed E-state index contributed by atoms with van der Waals surface area (Å²) in [5.41, 5.74) is 3.84. The molecule has 0 aliphatic rings. The van der Waals surface area contributed by atoms with Crippen LogP contribution in [-0.2, 0) is 10.8 Å². The number of hydrogen-bond acceptors (Lipinski definition) is 2. The molecule has 0 fully saturated rings. The van der Waals surface area contributed by atoms with Crippen LogP contribution in [0.3, 0.4) is 0 Å². The first kappa shape index (κ1) is 14.7. The lowest BCUT2D eigenvalue weighted by Crippen LogP contribution is -2.48. The van der Waals surface area contributed by atoms with Crippen molar-refractivity contribution in [1.29, 1.82) is 0 Å². The van der Waals surface area contributed by atoms with E-state index in [4.69, 9.17) is 0 Å². The van der Waals surface area contributed by atoms with Gasteiger partial charge in [-0.25, -0.2) is 0 Å². The highest BCUT2D eigenvalue weighted by molar-refractivity contribution is 5.25. The van der Waals surface area contributed by atoms with Crippen LogP contribution < -0.4 is 4.57 Å². The molecule has 0 saturated carbocycles. The average molecular weight is 273 g/mol. The highest BCUT2D eigenvalue weighted by Crippen LogP contribution is 2.26. The molecule has 20 heavy (non-hydrogen) atoms. The van der Waals surface area contributed by atoms with Crippen molar-refractivity contribution in [2.24, 2.45) is 0 Å². The summed E-state index contributed by atoms with van der Waals surface area (Å²) < 4.78 is 2.23. The third-order valence-corrected chi connectivity index (χ3v) is 3.38. The van der Waals surface area contributed by atoms with Gasteiger partial charge in [-0.1, -0.05) is 41.5 Å². The number of aromatic amines is 1. The lowest BCUT2D eigenvalue weighted by molar-refractivity contribution is -0.624. The quantitative estimate of drug-likeness (QED) is 0.812. The molecule has 1 N–H and O–H groups in total. The Morgan fingerprint density at radius 2 is 1.45 bits per heavy atom. The van der Waals surface area contributed by atoms with Crippen molar-refractivity contribution in [2.75, 3.05) is 0 Å². The lowest BCUT2D eigenvalue weighted by Gasteiger charge is -2.26. The summed E-state index contributed by atoms with van der Waals surface area (Å²) in [6.45, 7) is 15.5. The molecule has 2 heterocycles. The molecule has 0 amide bonds. The first-order valence-corrected chi connectivity index (χ1v) is 7.04. The van der Waals surface area contributed by atoms with Crippen LogP contribution in [0.1, 0.15) is 58.5 Å². The summed E-state index contributed by atoms with van der Waals surface area (Å²) in [5, 5.41) is 11.0.